The average molecular weight is 416 g/mol. The molecule has 0 saturated heterocycles. The number of benzene rings is 2. The second-order valence-corrected chi connectivity index (χ2v) is 6.55. The second-order valence-electron chi connectivity index (χ2n) is 6.11. The Morgan fingerprint density at radius 2 is 1.83 bits per heavy atom. The summed E-state index contributed by atoms with van der Waals surface area (Å²) in [6.07, 6.45) is -0.522. The molecule has 3 rings (SSSR count). The van der Waals surface area contributed by atoms with Crippen LogP contribution in [0, 0.1) is 0 Å². The molecule has 0 fully saturated rings. The Hall–Kier alpha value is -3.32. The number of halogens is 1. The quantitative estimate of drug-likeness (QED) is 0.476. The molecule has 1 amide bonds. The highest BCUT2D eigenvalue weighted by Crippen LogP contribution is 2.22. The lowest BCUT2D eigenvalue weighted by atomic mass is 10.1. The van der Waals surface area contributed by atoms with E-state index in [1.54, 1.807) is 43.3 Å². The van der Waals surface area contributed by atoms with Crippen molar-refractivity contribution in [3.63, 3.8) is 0 Å². The van der Waals surface area contributed by atoms with Crippen LogP contribution in [-0.2, 0) is 27.3 Å². The maximum Gasteiger partial charge on any atom is 0.411 e. The molecule has 3 aromatic rings. The first-order chi connectivity index (χ1) is 13.9. The van der Waals surface area contributed by atoms with Crippen LogP contribution in [0.3, 0.4) is 0 Å². The van der Waals surface area contributed by atoms with E-state index in [0.29, 0.717) is 21.7 Å². The van der Waals surface area contributed by atoms with Crippen LogP contribution in [0.25, 0.3) is 11.0 Å². The van der Waals surface area contributed by atoms with E-state index in [9.17, 15) is 14.4 Å². The van der Waals surface area contributed by atoms with Crippen molar-refractivity contribution in [2.45, 2.75) is 20.0 Å². The Morgan fingerprint density at radius 3 is 2.55 bits per heavy atom. The number of carbonyl (C=O) groups is 2. The van der Waals surface area contributed by atoms with Crippen LogP contribution in [-0.4, -0.2) is 18.7 Å². The number of rotatable bonds is 6. The molecule has 7 nitrogen and oxygen atoms in total. The van der Waals surface area contributed by atoms with Crippen molar-refractivity contribution < 1.29 is 23.5 Å². The van der Waals surface area contributed by atoms with Crippen molar-refractivity contribution in [2.75, 3.05) is 11.9 Å². The summed E-state index contributed by atoms with van der Waals surface area (Å²) in [5.41, 5.74) is 1.36. The Balaban J connectivity index is 1.73. The topological polar surface area (TPSA) is 94.8 Å². The van der Waals surface area contributed by atoms with E-state index in [1.807, 2.05) is 0 Å². The monoisotopic (exact) mass is 415 g/mol. The van der Waals surface area contributed by atoms with Gasteiger partial charge in [-0.15, -0.1) is 0 Å². The molecule has 2 aromatic carbocycles. The fourth-order valence-electron chi connectivity index (χ4n) is 2.69. The van der Waals surface area contributed by atoms with Crippen molar-refractivity contribution in [1.29, 1.82) is 0 Å². The molecule has 0 atom stereocenters. The molecule has 0 aliphatic carbocycles. The number of esters is 1. The van der Waals surface area contributed by atoms with E-state index in [-0.39, 0.29) is 25.2 Å². The normalized spacial score (nSPS) is 10.6. The number of anilines is 1. The highest BCUT2D eigenvalue weighted by molar-refractivity contribution is 6.30. The number of carbonyl (C=O) groups excluding carboxylic acids is 2. The van der Waals surface area contributed by atoms with E-state index in [4.69, 9.17) is 25.5 Å². The lowest BCUT2D eigenvalue weighted by molar-refractivity contribution is -0.144. The molecular formula is C21H18ClNO6. The maximum absolute atomic E-state index is 12.1. The lowest BCUT2D eigenvalue weighted by Crippen LogP contribution is -2.13. The zero-order chi connectivity index (χ0) is 20.8. The minimum Gasteiger partial charge on any atom is -0.461 e. The van der Waals surface area contributed by atoms with E-state index in [2.05, 4.69) is 5.32 Å². The second kappa shape index (κ2) is 9.25. The van der Waals surface area contributed by atoms with Gasteiger partial charge in [-0.2, -0.15) is 0 Å². The molecule has 0 unspecified atom stereocenters. The largest absolute Gasteiger partial charge is 0.461 e. The van der Waals surface area contributed by atoms with Gasteiger partial charge in [0.05, 0.1) is 13.0 Å². The van der Waals surface area contributed by atoms with Gasteiger partial charge in [0.15, 0.2) is 0 Å². The Morgan fingerprint density at radius 1 is 1.07 bits per heavy atom. The summed E-state index contributed by atoms with van der Waals surface area (Å²) in [6, 6.07) is 13.0. The van der Waals surface area contributed by atoms with Crippen molar-refractivity contribution in [3.05, 3.63) is 75.1 Å². The van der Waals surface area contributed by atoms with Gasteiger partial charge in [-0.25, -0.2) is 9.59 Å². The van der Waals surface area contributed by atoms with Crippen LogP contribution in [0.15, 0.2) is 57.7 Å². The maximum atomic E-state index is 12.1. The average Bonchev–Trinajstić information content (AvgIpc) is 2.67. The molecule has 0 spiro atoms. The number of fused-ring (bicyclic) bond motifs is 1. The van der Waals surface area contributed by atoms with Crippen LogP contribution in [0.5, 0.6) is 0 Å². The molecule has 0 aliphatic heterocycles. The lowest BCUT2D eigenvalue weighted by Gasteiger charge is -2.09. The number of hydrogen-bond acceptors (Lipinski definition) is 6. The zero-order valence-electron chi connectivity index (χ0n) is 15.6. The summed E-state index contributed by atoms with van der Waals surface area (Å²) in [5, 5.41) is 3.72. The summed E-state index contributed by atoms with van der Waals surface area (Å²) in [6.45, 7) is 1.85. The first-order valence-corrected chi connectivity index (χ1v) is 9.23. The van der Waals surface area contributed by atoms with Gasteiger partial charge >= 0.3 is 17.7 Å². The van der Waals surface area contributed by atoms with Gasteiger partial charge in [0, 0.05) is 33.8 Å². The fraction of sp³-hybridized carbons (Fsp3) is 0.190. The Labute approximate surface area is 171 Å². The first kappa shape index (κ1) is 20.4. The van der Waals surface area contributed by atoms with Gasteiger partial charge < -0.3 is 13.9 Å². The van der Waals surface area contributed by atoms with Crippen molar-refractivity contribution in [1.82, 2.24) is 0 Å². The van der Waals surface area contributed by atoms with Crippen molar-refractivity contribution in [2.24, 2.45) is 0 Å². The van der Waals surface area contributed by atoms with Crippen LogP contribution < -0.4 is 10.9 Å². The SMILES string of the molecule is CCOC(=O)Nc1ccc2c(COC(=O)Cc3ccc(Cl)cc3)cc(=O)oc2c1. The van der Waals surface area contributed by atoms with Gasteiger partial charge in [-0.3, -0.25) is 10.1 Å². The van der Waals surface area contributed by atoms with E-state index < -0.39 is 17.7 Å². The fourth-order valence-corrected chi connectivity index (χ4v) is 2.82. The summed E-state index contributed by atoms with van der Waals surface area (Å²) < 4.78 is 15.3. The van der Waals surface area contributed by atoms with Gasteiger partial charge in [0.1, 0.15) is 12.2 Å². The number of hydrogen-bond donors (Lipinski definition) is 1. The van der Waals surface area contributed by atoms with Gasteiger partial charge in [-0.1, -0.05) is 23.7 Å². The predicted octanol–water partition coefficient (Wildman–Crippen LogP) is 4.30. The predicted molar refractivity (Wildman–Crippen MR) is 108 cm³/mol. The van der Waals surface area contributed by atoms with Crippen LogP contribution >= 0.6 is 11.6 Å². The van der Waals surface area contributed by atoms with Gasteiger partial charge in [-0.05, 0) is 36.8 Å². The smallest absolute Gasteiger partial charge is 0.411 e. The Bertz CT molecular complexity index is 1090. The molecular weight excluding hydrogens is 398 g/mol. The molecule has 0 saturated carbocycles. The first-order valence-electron chi connectivity index (χ1n) is 8.85. The van der Waals surface area contributed by atoms with E-state index in [0.717, 1.165) is 5.56 Å². The molecule has 0 aliphatic rings. The summed E-state index contributed by atoms with van der Waals surface area (Å²) in [7, 11) is 0. The van der Waals surface area contributed by atoms with Gasteiger partial charge in [0.2, 0.25) is 0 Å². The molecule has 1 aromatic heterocycles. The van der Waals surface area contributed by atoms with Crippen molar-refractivity contribution >= 4 is 40.3 Å². The summed E-state index contributed by atoms with van der Waals surface area (Å²) in [5.74, 6) is -0.436. The van der Waals surface area contributed by atoms with E-state index in [1.165, 1.54) is 12.1 Å². The molecule has 0 bridgehead atoms. The van der Waals surface area contributed by atoms with Crippen LogP contribution in [0.1, 0.15) is 18.1 Å². The number of nitrogens with one attached hydrogen (secondary N) is 1. The third-order valence-electron chi connectivity index (χ3n) is 4.00. The minimum absolute atomic E-state index is 0.0842. The minimum atomic E-state index is -0.610. The number of ether oxygens (including phenoxy) is 2. The highest BCUT2D eigenvalue weighted by Gasteiger charge is 2.11. The zero-order valence-corrected chi connectivity index (χ0v) is 16.3. The van der Waals surface area contributed by atoms with Crippen molar-refractivity contribution in [3.8, 4) is 0 Å². The summed E-state index contributed by atoms with van der Waals surface area (Å²) >= 11 is 5.83. The van der Waals surface area contributed by atoms with Gasteiger partial charge in [0.25, 0.3) is 0 Å². The number of amides is 1. The highest BCUT2D eigenvalue weighted by atomic mass is 35.5. The molecule has 0 radical (unpaired) electrons. The Kier molecular flexibility index (Phi) is 6.51. The van der Waals surface area contributed by atoms with Crippen LogP contribution in [0.2, 0.25) is 5.02 Å². The molecule has 29 heavy (non-hydrogen) atoms. The molecule has 150 valence electrons. The standard InChI is InChI=1S/C21H18ClNO6/c1-2-27-21(26)23-16-7-8-17-14(10-20(25)29-18(17)11-16)12-28-19(24)9-13-3-5-15(22)6-4-13/h3-8,10-11H,2,9,12H2,1H3,(H,23,26). The molecule has 8 heteroatoms. The van der Waals surface area contributed by atoms with Crippen LogP contribution in [0.4, 0.5) is 10.5 Å². The van der Waals surface area contributed by atoms with E-state index >= 15 is 0 Å². The third-order valence-corrected chi connectivity index (χ3v) is 4.25. The third kappa shape index (κ3) is 5.58. The molecule has 1 heterocycles. The molecule has 1 N–H and O–H groups in total. The summed E-state index contributed by atoms with van der Waals surface area (Å²) in [4.78, 5) is 35.5.